The highest BCUT2D eigenvalue weighted by atomic mass is 35.5. The largest absolute Gasteiger partial charge is 0.316 e. The van der Waals surface area contributed by atoms with Crippen LogP contribution in [0.1, 0.15) is 54.7 Å². The number of halogens is 1. The molecule has 0 bridgehead atoms. The molecular formula is C16H20ClN. The molecule has 0 aromatic heterocycles. The molecule has 2 heteroatoms. The molecule has 1 heterocycles. The molecule has 0 radical (unpaired) electrons. The molecule has 4 rings (SSSR count). The molecule has 1 aliphatic heterocycles. The Bertz CT molecular complexity index is 506. The Morgan fingerprint density at radius 2 is 2.06 bits per heavy atom. The minimum Gasteiger partial charge on any atom is -0.316 e. The van der Waals surface area contributed by atoms with Crippen LogP contribution in [0.4, 0.5) is 0 Å². The van der Waals surface area contributed by atoms with Crippen LogP contribution in [0, 0.1) is 5.41 Å². The number of hydrogen-bond donors (Lipinski definition) is 1. The van der Waals surface area contributed by atoms with E-state index in [1.54, 1.807) is 0 Å². The van der Waals surface area contributed by atoms with Gasteiger partial charge in [0.25, 0.3) is 0 Å². The third-order valence-electron chi connectivity index (χ3n) is 5.37. The highest BCUT2D eigenvalue weighted by Gasteiger charge is 2.44. The van der Waals surface area contributed by atoms with E-state index in [1.807, 2.05) is 0 Å². The van der Waals surface area contributed by atoms with Crippen LogP contribution >= 0.6 is 11.6 Å². The van der Waals surface area contributed by atoms with E-state index in [4.69, 9.17) is 11.6 Å². The Morgan fingerprint density at radius 3 is 2.83 bits per heavy atom. The van der Waals surface area contributed by atoms with Crippen molar-refractivity contribution in [1.29, 1.82) is 0 Å². The van der Waals surface area contributed by atoms with Crippen LogP contribution in [0.5, 0.6) is 0 Å². The van der Waals surface area contributed by atoms with Gasteiger partial charge in [0.05, 0.1) is 0 Å². The Balaban J connectivity index is 1.82. The molecule has 2 aliphatic carbocycles. The second-order valence-corrected chi connectivity index (χ2v) is 7.03. The molecule has 1 aromatic carbocycles. The summed E-state index contributed by atoms with van der Waals surface area (Å²) < 4.78 is 0. The van der Waals surface area contributed by atoms with Gasteiger partial charge in [-0.25, -0.2) is 0 Å². The standard InChI is InChI=1S/C16H20ClN/c1-16-7-6-13-12(14(16)8-18-9-16)5-4-11(15(13)17)10-2-3-10/h4-5,10,14,18H,2-3,6-9H2,1H3. The van der Waals surface area contributed by atoms with Gasteiger partial charge in [0.2, 0.25) is 0 Å². The predicted octanol–water partition coefficient (Wildman–Crippen LogP) is 3.86. The third kappa shape index (κ3) is 1.50. The van der Waals surface area contributed by atoms with E-state index in [2.05, 4.69) is 24.4 Å². The lowest BCUT2D eigenvalue weighted by molar-refractivity contribution is 0.277. The number of fused-ring (bicyclic) bond motifs is 3. The maximum atomic E-state index is 6.68. The Hall–Kier alpha value is -0.530. The Labute approximate surface area is 114 Å². The number of nitrogens with one attached hydrogen (secondary N) is 1. The number of rotatable bonds is 1. The smallest absolute Gasteiger partial charge is 0.0475 e. The summed E-state index contributed by atoms with van der Waals surface area (Å²) in [7, 11) is 0. The summed E-state index contributed by atoms with van der Waals surface area (Å²) in [4.78, 5) is 0. The second kappa shape index (κ2) is 3.74. The molecule has 96 valence electrons. The first-order valence-electron chi connectivity index (χ1n) is 7.21. The molecule has 0 spiro atoms. The molecular weight excluding hydrogens is 242 g/mol. The van der Waals surface area contributed by atoms with Crippen LogP contribution in [0.25, 0.3) is 0 Å². The van der Waals surface area contributed by atoms with Gasteiger partial charge in [-0.2, -0.15) is 0 Å². The number of benzene rings is 1. The number of hydrogen-bond acceptors (Lipinski definition) is 1. The molecule has 18 heavy (non-hydrogen) atoms. The van der Waals surface area contributed by atoms with Crippen molar-refractivity contribution in [3.05, 3.63) is 33.8 Å². The van der Waals surface area contributed by atoms with Crippen LogP contribution < -0.4 is 5.32 Å². The summed E-state index contributed by atoms with van der Waals surface area (Å²) in [5, 5.41) is 4.67. The summed E-state index contributed by atoms with van der Waals surface area (Å²) in [6, 6.07) is 4.69. The van der Waals surface area contributed by atoms with Gasteiger partial charge in [0, 0.05) is 24.0 Å². The fourth-order valence-corrected chi connectivity index (χ4v) is 4.40. The summed E-state index contributed by atoms with van der Waals surface area (Å²) in [6.07, 6.45) is 5.12. The molecule has 2 unspecified atom stereocenters. The molecule has 1 aromatic rings. The molecule has 1 saturated heterocycles. The zero-order chi connectivity index (χ0) is 12.3. The van der Waals surface area contributed by atoms with E-state index < -0.39 is 0 Å². The maximum absolute atomic E-state index is 6.68. The van der Waals surface area contributed by atoms with Crippen molar-refractivity contribution in [1.82, 2.24) is 5.32 Å². The van der Waals surface area contributed by atoms with E-state index in [-0.39, 0.29) is 0 Å². The molecule has 1 saturated carbocycles. The van der Waals surface area contributed by atoms with Crippen LogP contribution in [-0.2, 0) is 6.42 Å². The first-order chi connectivity index (χ1) is 8.69. The molecule has 1 N–H and O–H groups in total. The SMILES string of the molecule is CC12CCc3c(ccc(C4CC4)c3Cl)C1CNC2. The second-order valence-electron chi connectivity index (χ2n) is 6.65. The molecule has 2 fully saturated rings. The van der Waals surface area contributed by atoms with Crippen LogP contribution in [0.2, 0.25) is 5.02 Å². The summed E-state index contributed by atoms with van der Waals surface area (Å²) in [5.74, 6) is 1.44. The summed E-state index contributed by atoms with van der Waals surface area (Å²) >= 11 is 6.68. The lowest BCUT2D eigenvalue weighted by Crippen LogP contribution is -2.30. The third-order valence-corrected chi connectivity index (χ3v) is 5.81. The van der Waals surface area contributed by atoms with Crippen molar-refractivity contribution in [3.8, 4) is 0 Å². The van der Waals surface area contributed by atoms with Gasteiger partial charge in [0.15, 0.2) is 0 Å². The summed E-state index contributed by atoms with van der Waals surface area (Å²) in [5.41, 5.74) is 4.87. The minimum absolute atomic E-state index is 0.456. The first-order valence-corrected chi connectivity index (χ1v) is 7.59. The summed E-state index contributed by atoms with van der Waals surface area (Å²) in [6.45, 7) is 4.73. The fourth-order valence-electron chi connectivity index (χ4n) is 3.97. The van der Waals surface area contributed by atoms with Crippen molar-refractivity contribution in [2.75, 3.05) is 13.1 Å². The molecule has 1 nitrogen and oxygen atoms in total. The predicted molar refractivity (Wildman–Crippen MR) is 75.5 cm³/mol. The van der Waals surface area contributed by atoms with Crippen LogP contribution in [-0.4, -0.2) is 13.1 Å². The first kappa shape index (κ1) is 11.3. The fraction of sp³-hybridized carbons (Fsp3) is 0.625. The van der Waals surface area contributed by atoms with E-state index in [1.165, 1.54) is 48.9 Å². The van der Waals surface area contributed by atoms with Crippen molar-refractivity contribution in [3.63, 3.8) is 0 Å². The molecule has 2 atom stereocenters. The lowest BCUT2D eigenvalue weighted by atomic mass is 9.67. The van der Waals surface area contributed by atoms with Crippen molar-refractivity contribution in [2.24, 2.45) is 5.41 Å². The average Bonchev–Trinajstić information content (AvgIpc) is 3.10. The van der Waals surface area contributed by atoms with Crippen molar-refractivity contribution < 1.29 is 0 Å². The molecule has 3 aliphatic rings. The Morgan fingerprint density at radius 1 is 1.28 bits per heavy atom. The zero-order valence-electron chi connectivity index (χ0n) is 10.9. The zero-order valence-corrected chi connectivity index (χ0v) is 11.7. The minimum atomic E-state index is 0.456. The van der Waals surface area contributed by atoms with Crippen molar-refractivity contribution >= 4 is 11.6 Å². The topological polar surface area (TPSA) is 12.0 Å². The van der Waals surface area contributed by atoms with E-state index in [0.717, 1.165) is 17.5 Å². The van der Waals surface area contributed by atoms with Gasteiger partial charge in [0.1, 0.15) is 0 Å². The average molecular weight is 262 g/mol. The van der Waals surface area contributed by atoms with Gasteiger partial charge in [-0.1, -0.05) is 30.7 Å². The Kier molecular flexibility index (Phi) is 2.35. The van der Waals surface area contributed by atoms with E-state index in [9.17, 15) is 0 Å². The normalized spacial score (nSPS) is 34.2. The lowest BCUT2D eigenvalue weighted by Gasteiger charge is -2.37. The van der Waals surface area contributed by atoms with Crippen LogP contribution in [0.15, 0.2) is 12.1 Å². The van der Waals surface area contributed by atoms with Gasteiger partial charge >= 0.3 is 0 Å². The van der Waals surface area contributed by atoms with Crippen molar-refractivity contribution in [2.45, 2.75) is 44.4 Å². The van der Waals surface area contributed by atoms with Gasteiger partial charge in [-0.15, -0.1) is 0 Å². The van der Waals surface area contributed by atoms with Crippen LogP contribution in [0.3, 0.4) is 0 Å². The highest BCUT2D eigenvalue weighted by Crippen LogP contribution is 2.52. The monoisotopic (exact) mass is 261 g/mol. The van der Waals surface area contributed by atoms with E-state index in [0.29, 0.717) is 11.3 Å². The van der Waals surface area contributed by atoms with Gasteiger partial charge < -0.3 is 5.32 Å². The maximum Gasteiger partial charge on any atom is 0.0475 e. The van der Waals surface area contributed by atoms with Gasteiger partial charge in [-0.3, -0.25) is 0 Å². The van der Waals surface area contributed by atoms with Gasteiger partial charge in [-0.05, 0) is 53.7 Å². The van der Waals surface area contributed by atoms with E-state index >= 15 is 0 Å². The highest BCUT2D eigenvalue weighted by molar-refractivity contribution is 6.32. The quantitative estimate of drug-likeness (QED) is 0.810. The molecule has 0 amide bonds.